The second-order valence-electron chi connectivity index (χ2n) is 6.09. The molecular formula is C19H22N2. The summed E-state index contributed by atoms with van der Waals surface area (Å²) in [6.07, 6.45) is 2.32. The van der Waals surface area contributed by atoms with Crippen LogP contribution in [0.1, 0.15) is 28.3 Å². The Morgan fingerprint density at radius 2 is 1.29 bits per heavy atom. The summed E-state index contributed by atoms with van der Waals surface area (Å²) in [6.45, 7) is 4.46. The summed E-state index contributed by atoms with van der Waals surface area (Å²) in [4.78, 5) is 2.65. The number of aryl methyl sites for hydroxylation is 2. The number of hydrogen-bond acceptors (Lipinski definition) is 2. The van der Waals surface area contributed by atoms with Gasteiger partial charge in [-0.25, -0.2) is 0 Å². The molecule has 1 aliphatic carbocycles. The van der Waals surface area contributed by atoms with E-state index in [1.807, 2.05) is 0 Å². The van der Waals surface area contributed by atoms with Gasteiger partial charge in [0.05, 0.1) is 6.04 Å². The van der Waals surface area contributed by atoms with E-state index in [1.54, 1.807) is 0 Å². The molecule has 1 aliphatic heterocycles. The summed E-state index contributed by atoms with van der Waals surface area (Å²) in [7, 11) is 0. The zero-order valence-corrected chi connectivity index (χ0v) is 12.4. The highest BCUT2D eigenvalue weighted by molar-refractivity contribution is 5.44. The standard InChI is InChI=1S/C19H22N2/c1-3-7-17-15(5-1)9-10-16-6-2-4-8-18(16)19(17)21-13-11-20-12-14-21/h1-8,19-20H,9-14H2. The van der Waals surface area contributed by atoms with Gasteiger partial charge in [0.2, 0.25) is 0 Å². The summed E-state index contributed by atoms with van der Waals surface area (Å²) < 4.78 is 0. The molecule has 2 aliphatic rings. The number of rotatable bonds is 1. The van der Waals surface area contributed by atoms with Gasteiger partial charge in [-0.2, -0.15) is 0 Å². The largest absolute Gasteiger partial charge is 0.314 e. The van der Waals surface area contributed by atoms with E-state index in [2.05, 4.69) is 58.7 Å². The molecule has 0 unspecified atom stereocenters. The van der Waals surface area contributed by atoms with Crippen molar-refractivity contribution in [2.24, 2.45) is 0 Å². The van der Waals surface area contributed by atoms with E-state index in [0.717, 1.165) is 39.0 Å². The van der Waals surface area contributed by atoms with Crippen LogP contribution in [0.5, 0.6) is 0 Å². The topological polar surface area (TPSA) is 15.3 Å². The van der Waals surface area contributed by atoms with Gasteiger partial charge in [0.25, 0.3) is 0 Å². The van der Waals surface area contributed by atoms with Crippen molar-refractivity contribution in [1.29, 1.82) is 0 Å². The molecule has 1 N–H and O–H groups in total. The molecule has 0 radical (unpaired) electrons. The fourth-order valence-corrected chi connectivity index (χ4v) is 3.83. The Morgan fingerprint density at radius 1 is 0.762 bits per heavy atom. The quantitative estimate of drug-likeness (QED) is 0.863. The highest BCUT2D eigenvalue weighted by Crippen LogP contribution is 2.36. The van der Waals surface area contributed by atoms with E-state index in [0.29, 0.717) is 6.04 Å². The number of nitrogens with one attached hydrogen (secondary N) is 1. The summed E-state index contributed by atoms with van der Waals surface area (Å²) >= 11 is 0. The molecule has 2 nitrogen and oxygen atoms in total. The maximum absolute atomic E-state index is 3.48. The average Bonchev–Trinajstić information content (AvgIpc) is 2.72. The molecular weight excluding hydrogens is 256 g/mol. The van der Waals surface area contributed by atoms with Gasteiger partial charge in [0.15, 0.2) is 0 Å². The van der Waals surface area contributed by atoms with Gasteiger partial charge in [0, 0.05) is 26.2 Å². The smallest absolute Gasteiger partial charge is 0.0608 e. The van der Waals surface area contributed by atoms with Crippen LogP contribution in [0.3, 0.4) is 0 Å². The molecule has 1 heterocycles. The van der Waals surface area contributed by atoms with Crippen LogP contribution < -0.4 is 5.32 Å². The van der Waals surface area contributed by atoms with Crippen molar-refractivity contribution < 1.29 is 0 Å². The molecule has 108 valence electrons. The number of fused-ring (bicyclic) bond motifs is 2. The predicted octanol–water partition coefficient (Wildman–Crippen LogP) is 2.78. The van der Waals surface area contributed by atoms with Crippen LogP contribution in [0.2, 0.25) is 0 Å². The number of benzene rings is 2. The monoisotopic (exact) mass is 278 g/mol. The van der Waals surface area contributed by atoms with E-state index in [1.165, 1.54) is 22.3 Å². The zero-order valence-electron chi connectivity index (χ0n) is 12.4. The molecule has 21 heavy (non-hydrogen) atoms. The summed E-state index contributed by atoms with van der Waals surface area (Å²) in [5.41, 5.74) is 6.09. The molecule has 1 saturated heterocycles. The van der Waals surface area contributed by atoms with Crippen LogP contribution in [0.25, 0.3) is 0 Å². The summed E-state index contributed by atoms with van der Waals surface area (Å²) in [6, 6.07) is 18.5. The number of nitrogens with zero attached hydrogens (tertiary/aromatic N) is 1. The molecule has 0 aromatic heterocycles. The van der Waals surface area contributed by atoms with Crippen molar-refractivity contribution in [3.05, 3.63) is 70.8 Å². The lowest BCUT2D eigenvalue weighted by Gasteiger charge is -2.36. The van der Waals surface area contributed by atoms with E-state index in [4.69, 9.17) is 0 Å². The Morgan fingerprint density at radius 3 is 1.86 bits per heavy atom. The minimum absolute atomic E-state index is 0.432. The summed E-state index contributed by atoms with van der Waals surface area (Å²) in [5.74, 6) is 0. The minimum Gasteiger partial charge on any atom is -0.314 e. The third-order valence-corrected chi connectivity index (χ3v) is 4.88. The van der Waals surface area contributed by atoms with Crippen LogP contribution in [0.4, 0.5) is 0 Å². The van der Waals surface area contributed by atoms with Crippen molar-refractivity contribution >= 4 is 0 Å². The minimum atomic E-state index is 0.432. The molecule has 0 spiro atoms. The highest BCUT2D eigenvalue weighted by Gasteiger charge is 2.28. The number of piperazine rings is 1. The molecule has 0 bridgehead atoms. The SMILES string of the molecule is c1ccc2c(c1)CCc1ccccc1C2N1CCNCC1. The van der Waals surface area contributed by atoms with Gasteiger partial charge in [-0.05, 0) is 35.1 Å². The molecule has 2 aromatic rings. The van der Waals surface area contributed by atoms with Crippen molar-refractivity contribution in [1.82, 2.24) is 10.2 Å². The molecule has 0 amide bonds. The van der Waals surface area contributed by atoms with Gasteiger partial charge in [-0.1, -0.05) is 48.5 Å². The van der Waals surface area contributed by atoms with Crippen molar-refractivity contribution in [3.8, 4) is 0 Å². The Kier molecular flexibility index (Phi) is 3.50. The van der Waals surface area contributed by atoms with Gasteiger partial charge < -0.3 is 5.32 Å². The fraction of sp³-hybridized carbons (Fsp3) is 0.368. The Labute approximate surface area is 126 Å². The third-order valence-electron chi connectivity index (χ3n) is 4.88. The predicted molar refractivity (Wildman–Crippen MR) is 86.6 cm³/mol. The normalized spacial score (nSPS) is 19.6. The summed E-state index contributed by atoms with van der Waals surface area (Å²) in [5, 5.41) is 3.48. The van der Waals surface area contributed by atoms with Crippen molar-refractivity contribution in [2.75, 3.05) is 26.2 Å². The lowest BCUT2D eigenvalue weighted by atomic mass is 9.93. The van der Waals surface area contributed by atoms with E-state index in [9.17, 15) is 0 Å². The molecule has 2 aromatic carbocycles. The lowest BCUT2D eigenvalue weighted by Crippen LogP contribution is -2.45. The average molecular weight is 278 g/mol. The molecule has 1 fully saturated rings. The second-order valence-corrected chi connectivity index (χ2v) is 6.09. The second kappa shape index (κ2) is 5.63. The molecule has 0 saturated carbocycles. The fourth-order valence-electron chi connectivity index (χ4n) is 3.83. The highest BCUT2D eigenvalue weighted by atomic mass is 15.2. The van der Waals surface area contributed by atoms with Crippen LogP contribution in [-0.4, -0.2) is 31.1 Å². The van der Waals surface area contributed by atoms with Crippen LogP contribution in [-0.2, 0) is 12.8 Å². The first-order valence-electron chi connectivity index (χ1n) is 8.04. The Hall–Kier alpha value is -1.64. The maximum Gasteiger partial charge on any atom is 0.0608 e. The first-order valence-corrected chi connectivity index (χ1v) is 8.04. The molecule has 0 atom stereocenters. The van der Waals surface area contributed by atoms with Crippen molar-refractivity contribution in [2.45, 2.75) is 18.9 Å². The first-order chi connectivity index (χ1) is 10.4. The first kappa shape index (κ1) is 13.1. The van der Waals surface area contributed by atoms with Crippen LogP contribution in [0.15, 0.2) is 48.5 Å². The van der Waals surface area contributed by atoms with E-state index >= 15 is 0 Å². The lowest BCUT2D eigenvalue weighted by molar-refractivity contribution is 0.198. The van der Waals surface area contributed by atoms with E-state index < -0.39 is 0 Å². The van der Waals surface area contributed by atoms with E-state index in [-0.39, 0.29) is 0 Å². The van der Waals surface area contributed by atoms with Gasteiger partial charge >= 0.3 is 0 Å². The molecule has 4 rings (SSSR count). The molecule has 2 heteroatoms. The van der Waals surface area contributed by atoms with Crippen molar-refractivity contribution in [3.63, 3.8) is 0 Å². The van der Waals surface area contributed by atoms with Gasteiger partial charge in [0.1, 0.15) is 0 Å². The third kappa shape index (κ3) is 2.39. The Balaban J connectivity index is 1.85. The number of hydrogen-bond donors (Lipinski definition) is 1. The van der Waals surface area contributed by atoms with Gasteiger partial charge in [-0.15, -0.1) is 0 Å². The van der Waals surface area contributed by atoms with Crippen LogP contribution in [0, 0.1) is 0 Å². The van der Waals surface area contributed by atoms with Crippen LogP contribution >= 0.6 is 0 Å². The zero-order chi connectivity index (χ0) is 14.1. The van der Waals surface area contributed by atoms with Gasteiger partial charge in [-0.3, -0.25) is 4.90 Å². The Bertz CT molecular complexity index is 581. The maximum atomic E-state index is 3.48.